The number of carbonyl (C=O) groups excluding carboxylic acids is 1. The van der Waals surface area contributed by atoms with Gasteiger partial charge in [0.25, 0.3) is 0 Å². The van der Waals surface area contributed by atoms with Gasteiger partial charge in [-0.25, -0.2) is 4.99 Å². The first kappa shape index (κ1) is 21.8. The Kier molecular flexibility index (Phi) is 7.58. The molecule has 1 fully saturated rings. The summed E-state index contributed by atoms with van der Waals surface area (Å²) < 4.78 is 5.41. The first-order valence-electron chi connectivity index (χ1n) is 10.6. The summed E-state index contributed by atoms with van der Waals surface area (Å²) in [5.41, 5.74) is 3.20. The highest BCUT2D eigenvalue weighted by Crippen LogP contribution is 2.41. The lowest BCUT2D eigenvalue weighted by Gasteiger charge is -2.36. The normalized spacial score (nSPS) is 16.2. The summed E-state index contributed by atoms with van der Waals surface area (Å²) in [6.07, 6.45) is 0.731. The molecule has 31 heavy (non-hydrogen) atoms. The van der Waals surface area contributed by atoms with Gasteiger partial charge in [-0.1, -0.05) is 30.0 Å². The number of para-hydroxylation sites is 1. The maximum Gasteiger partial charge on any atom is 0.207 e. The number of rotatable bonds is 8. The average Bonchev–Trinajstić information content (AvgIpc) is 2.97. The van der Waals surface area contributed by atoms with Crippen LogP contribution >= 0.6 is 11.8 Å². The minimum Gasteiger partial charge on any atom is -0.394 e. The van der Waals surface area contributed by atoms with E-state index in [-0.39, 0.29) is 6.61 Å². The van der Waals surface area contributed by atoms with Crippen molar-refractivity contribution in [3.63, 3.8) is 0 Å². The molecular weight excluding hydrogens is 412 g/mol. The molecule has 4 rings (SSSR count). The number of fused-ring (bicyclic) bond motifs is 2. The van der Waals surface area contributed by atoms with Crippen LogP contribution in [0.3, 0.4) is 0 Å². The number of carbonyl (C=O) groups is 1. The number of benzene rings is 2. The molecule has 2 aliphatic rings. The highest BCUT2D eigenvalue weighted by atomic mass is 32.2. The van der Waals surface area contributed by atoms with Crippen molar-refractivity contribution in [2.75, 3.05) is 52.5 Å². The zero-order valence-corrected chi connectivity index (χ0v) is 18.3. The number of nitrogens with one attached hydrogen (secondary N) is 1. The average molecular weight is 441 g/mol. The van der Waals surface area contributed by atoms with Gasteiger partial charge in [0.15, 0.2) is 0 Å². The lowest BCUT2D eigenvalue weighted by molar-refractivity contribution is -0.109. The van der Waals surface area contributed by atoms with Gasteiger partial charge in [0, 0.05) is 54.6 Å². The molecule has 0 spiro atoms. The molecule has 2 heterocycles. The van der Waals surface area contributed by atoms with Gasteiger partial charge >= 0.3 is 0 Å². The zero-order chi connectivity index (χ0) is 21.5. The summed E-state index contributed by atoms with van der Waals surface area (Å²) in [4.78, 5) is 22.9. The van der Waals surface area contributed by atoms with Crippen molar-refractivity contribution in [3.8, 4) is 0 Å². The highest BCUT2D eigenvalue weighted by molar-refractivity contribution is 7.99. The fraction of sp³-hybridized carbons (Fsp3) is 0.391. The molecule has 0 saturated carbocycles. The second kappa shape index (κ2) is 10.8. The van der Waals surface area contributed by atoms with E-state index in [9.17, 15) is 4.79 Å². The van der Waals surface area contributed by atoms with Crippen LogP contribution < -0.4 is 5.32 Å². The summed E-state index contributed by atoms with van der Waals surface area (Å²) >= 11 is 1.73. The Balaban J connectivity index is 1.54. The van der Waals surface area contributed by atoms with Gasteiger partial charge in [-0.05, 0) is 29.8 Å². The Morgan fingerprint density at radius 3 is 2.74 bits per heavy atom. The molecule has 0 unspecified atom stereocenters. The predicted molar refractivity (Wildman–Crippen MR) is 122 cm³/mol. The van der Waals surface area contributed by atoms with Crippen LogP contribution in [0, 0.1) is 0 Å². The maximum absolute atomic E-state index is 10.7. The highest BCUT2D eigenvalue weighted by Gasteiger charge is 2.25. The van der Waals surface area contributed by atoms with Crippen LogP contribution in [0.2, 0.25) is 0 Å². The molecule has 1 saturated heterocycles. The number of amidine groups is 1. The third-order valence-corrected chi connectivity index (χ3v) is 6.57. The van der Waals surface area contributed by atoms with Gasteiger partial charge in [-0.15, -0.1) is 0 Å². The number of aliphatic hydroxyl groups is 1. The van der Waals surface area contributed by atoms with E-state index in [0.717, 1.165) is 71.6 Å². The van der Waals surface area contributed by atoms with E-state index in [4.69, 9.17) is 14.8 Å². The van der Waals surface area contributed by atoms with Crippen LogP contribution in [0.1, 0.15) is 11.1 Å². The Hall–Kier alpha value is -2.39. The van der Waals surface area contributed by atoms with Crippen molar-refractivity contribution in [3.05, 3.63) is 53.6 Å². The quantitative estimate of drug-likeness (QED) is 0.484. The molecule has 7 nitrogen and oxygen atoms in total. The Labute approximate surface area is 187 Å². The van der Waals surface area contributed by atoms with Crippen LogP contribution in [0.5, 0.6) is 0 Å². The molecule has 8 heteroatoms. The van der Waals surface area contributed by atoms with E-state index in [1.165, 1.54) is 0 Å². The monoisotopic (exact) mass is 440 g/mol. The molecule has 164 valence electrons. The summed E-state index contributed by atoms with van der Waals surface area (Å²) in [6.45, 7) is 6.21. The summed E-state index contributed by atoms with van der Waals surface area (Å²) in [5.74, 6) is 1.01. The van der Waals surface area contributed by atoms with Crippen LogP contribution in [0.25, 0.3) is 0 Å². The number of hydrogen-bond acceptors (Lipinski definition) is 7. The van der Waals surface area contributed by atoms with Crippen molar-refractivity contribution >= 4 is 29.7 Å². The van der Waals surface area contributed by atoms with E-state index < -0.39 is 0 Å². The number of nitrogens with zero attached hydrogens (tertiary/aromatic N) is 3. The number of aliphatic imine (C=N–C) groups is 1. The molecular formula is C23H28N4O3S. The zero-order valence-electron chi connectivity index (χ0n) is 17.5. The third kappa shape index (κ3) is 5.46. The number of amides is 1. The lowest BCUT2D eigenvalue weighted by atomic mass is 10.1. The van der Waals surface area contributed by atoms with Crippen LogP contribution in [-0.4, -0.2) is 79.7 Å². The molecule has 2 aromatic rings. The van der Waals surface area contributed by atoms with Crippen molar-refractivity contribution in [1.82, 2.24) is 15.1 Å². The van der Waals surface area contributed by atoms with Crippen molar-refractivity contribution < 1.29 is 14.6 Å². The Morgan fingerprint density at radius 1 is 1.10 bits per heavy atom. The fourth-order valence-electron chi connectivity index (χ4n) is 3.82. The van der Waals surface area contributed by atoms with Crippen molar-refractivity contribution in [2.45, 2.75) is 16.3 Å². The van der Waals surface area contributed by atoms with Crippen molar-refractivity contribution in [2.24, 2.45) is 4.99 Å². The second-order valence-electron chi connectivity index (χ2n) is 7.50. The largest absolute Gasteiger partial charge is 0.394 e. The first-order valence-corrected chi connectivity index (χ1v) is 11.4. The molecule has 1 amide bonds. The topological polar surface area (TPSA) is 77.4 Å². The Bertz CT molecular complexity index is 929. The first-order chi connectivity index (χ1) is 15.3. The number of aliphatic hydroxyl groups excluding tert-OH is 1. The number of hydrogen-bond donors (Lipinski definition) is 2. The van der Waals surface area contributed by atoms with Crippen molar-refractivity contribution in [1.29, 1.82) is 0 Å². The van der Waals surface area contributed by atoms with E-state index in [1.54, 1.807) is 11.8 Å². The summed E-state index contributed by atoms with van der Waals surface area (Å²) in [5, 5.41) is 11.6. The van der Waals surface area contributed by atoms with E-state index >= 15 is 0 Å². The minimum atomic E-state index is 0.0689. The second-order valence-corrected chi connectivity index (χ2v) is 8.58. The summed E-state index contributed by atoms with van der Waals surface area (Å²) in [7, 11) is 0. The van der Waals surface area contributed by atoms with Gasteiger partial charge in [-0.3, -0.25) is 9.69 Å². The third-order valence-electron chi connectivity index (χ3n) is 5.45. The van der Waals surface area contributed by atoms with E-state index in [2.05, 4.69) is 45.4 Å². The SMILES string of the molecule is O=CNCc1ccc2c(c1)Sc1ccccc1N=C2N1CCN(CCOCCO)CC1. The molecule has 2 N–H and O–H groups in total. The summed E-state index contributed by atoms with van der Waals surface area (Å²) in [6, 6.07) is 14.6. The predicted octanol–water partition coefficient (Wildman–Crippen LogP) is 2.10. The molecule has 0 bridgehead atoms. The van der Waals surface area contributed by atoms with Crippen LogP contribution in [0.15, 0.2) is 57.2 Å². The van der Waals surface area contributed by atoms with Crippen LogP contribution in [0.4, 0.5) is 5.69 Å². The fourth-order valence-corrected chi connectivity index (χ4v) is 4.90. The molecule has 0 atom stereocenters. The molecule has 2 aliphatic heterocycles. The molecule has 2 aromatic carbocycles. The van der Waals surface area contributed by atoms with Gasteiger partial charge in [0.05, 0.1) is 25.5 Å². The van der Waals surface area contributed by atoms with Gasteiger partial charge < -0.3 is 20.1 Å². The Morgan fingerprint density at radius 2 is 1.94 bits per heavy atom. The van der Waals surface area contributed by atoms with E-state index in [0.29, 0.717) is 19.8 Å². The molecule has 0 radical (unpaired) electrons. The molecule has 0 aromatic heterocycles. The lowest BCUT2D eigenvalue weighted by Crippen LogP contribution is -2.49. The standard InChI is InChI=1S/C23H28N4O3S/c28-12-14-30-13-11-26-7-9-27(10-8-26)23-19-6-5-18(16-24-17-29)15-22(19)31-21-4-2-1-3-20(21)25-23/h1-6,15,17,28H,7-14,16H2,(H,24,29). The number of piperazine rings is 1. The maximum atomic E-state index is 10.7. The number of ether oxygens (including phenoxy) is 1. The van der Waals surface area contributed by atoms with E-state index in [1.807, 2.05) is 12.1 Å². The van der Waals surface area contributed by atoms with Gasteiger partial charge in [0.1, 0.15) is 5.84 Å². The van der Waals surface area contributed by atoms with Gasteiger partial charge in [0.2, 0.25) is 6.41 Å². The smallest absolute Gasteiger partial charge is 0.207 e. The minimum absolute atomic E-state index is 0.0689. The molecule has 0 aliphatic carbocycles. The van der Waals surface area contributed by atoms with Gasteiger partial charge in [-0.2, -0.15) is 0 Å². The van der Waals surface area contributed by atoms with Crippen LogP contribution in [-0.2, 0) is 16.1 Å².